The molecular weight excluding hydrogens is 542 g/mol. The zero-order valence-electron chi connectivity index (χ0n) is 22.8. The van der Waals surface area contributed by atoms with Crippen LogP contribution in [0.15, 0.2) is 66.7 Å². The number of aromatic hydroxyl groups is 1. The van der Waals surface area contributed by atoms with Crippen molar-refractivity contribution in [3.05, 3.63) is 94.7 Å². The van der Waals surface area contributed by atoms with Gasteiger partial charge in [-0.1, -0.05) is 48.0 Å². The summed E-state index contributed by atoms with van der Waals surface area (Å²) >= 11 is 0. The molecule has 0 bridgehead atoms. The highest BCUT2D eigenvalue weighted by Gasteiger charge is 2.48. The molecule has 2 N–H and O–H groups in total. The molecule has 1 saturated heterocycles. The van der Waals surface area contributed by atoms with Crippen LogP contribution in [0.4, 0.5) is 0 Å². The summed E-state index contributed by atoms with van der Waals surface area (Å²) in [6.45, 7) is 4.56. The molecule has 1 fully saturated rings. The molecule has 0 radical (unpaired) electrons. The number of H-pyrrole nitrogens is 1. The number of benzene rings is 3. The number of phenols is 1. The summed E-state index contributed by atoms with van der Waals surface area (Å²) in [4.78, 5) is 15.5. The molecule has 212 valence electrons. The van der Waals surface area contributed by atoms with E-state index in [1.54, 1.807) is 17.0 Å². The van der Waals surface area contributed by atoms with Crippen molar-refractivity contribution >= 4 is 15.7 Å². The van der Waals surface area contributed by atoms with Crippen LogP contribution >= 0.6 is 0 Å². The van der Waals surface area contributed by atoms with Crippen molar-refractivity contribution in [2.45, 2.75) is 39.0 Å². The molecule has 9 nitrogen and oxygen atoms in total. The number of aromatic nitrogens is 2. The van der Waals surface area contributed by atoms with E-state index < -0.39 is 21.9 Å². The lowest BCUT2D eigenvalue weighted by Crippen LogP contribution is -2.40. The smallest absolute Gasteiger partial charge is 0.273 e. The van der Waals surface area contributed by atoms with E-state index in [1.165, 1.54) is 0 Å². The van der Waals surface area contributed by atoms with Crippen LogP contribution in [-0.2, 0) is 16.4 Å². The highest BCUT2D eigenvalue weighted by molar-refractivity contribution is 7.91. The van der Waals surface area contributed by atoms with Crippen LogP contribution in [0.2, 0.25) is 0 Å². The second-order valence-corrected chi connectivity index (χ2v) is 12.7. The molecule has 10 heteroatoms. The summed E-state index contributed by atoms with van der Waals surface area (Å²) in [6.07, 6.45) is 0.351. The maximum absolute atomic E-state index is 13.9. The van der Waals surface area contributed by atoms with E-state index in [0.29, 0.717) is 48.0 Å². The Morgan fingerprint density at radius 3 is 2.59 bits per heavy atom. The van der Waals surface area contributed by atoms with Gasteiger partial charge in [0.25, 0.3) is 5.91 Å². The fourth-order valence-corrected chi connectivity index (χ4v) is 7.44. The molecule has 3 aromatic carbocycles. The number of carbonyl (C=O) groups is 1. The van der Waals surface area contributed by atoms with Gasteiger partial charge in [0, 0.05) is 17.2 Å². The Labute approximate surface area is 238 Å². The average Bonchev–Trinajstić information content (AvgIpc) is 3.63. The second kappa shape index (κ2) is 10.6. The normalized spacial score (nSPS) is 19.4. The first-order valence-electron chi connectivity index (χ1n) is 13.6. The Hall–Kier alpha value is -4.31. The molecule has 2 aliphatic rings. The van der Waals surface area contributed by atoms with Crippen molar-refractivity contribution in [1.29, 1.82) is 0 Å². The molecule has 0 spiro atoms. The van der Waals surface area contributed by atoms with Crippen molar-refractivity contribution in [1.82, 2.24) is 15.1 Å². The van der Waals surface area contributed by atoms with Crippen molar-refractivity contribution in [3.63, 3.8) is 0 Å². The van der Waals surface area contributed by atoms with E-state index in [9.17, 15) is 18.3 Å². The Bertz CT molecular complexity index is 1720. The van der Waals surface area contributed by atoms with Crippen LogP contribution < -0.4 is 9.47 Å². The molecule has 2 atom stereocenters. The van der Waals surface area contributed by atoms with Crippen LogP contribution in [0.5, 0.6) is 17.2 Å². The van der Waals surface area contributed by atoms with Gasteiger partial charge in [0.1, 0.15) is 23.7 Å². The number of aryl methyl sites for hydroxylation is 1. The van der Waals surface area contributed by atoms with E-state index in [4.69, 9.17) is 9.47 Å². The van der Waals surface area contributed by atoms with Crippen LogP contribution in [0.3, 0.4) is 0 Å². The molecule has 41 heavy (non-hydrogen) atoms. The number of fused-ring (bicyclic) bond motifs is 1. The summed E-state index contributed by atoms with van der Waals surface area (Å²) in [5.41, 5.74) is 4.50. The minimum atomic E-state index is -3.27. The first-order chi connectivity index (χ1) is 19.8. The van der Waals surface area contributed by atoms with E-state index in [1.807, 2.05) is 68.4 Å². The largest absolute Gasteiger partial charge is 0.507 e. The monoisotopic (exact) mass is 573 g/mol. The van der Waals surface area contributed by atoms with Crippen molar-refractivity contribution in [2.24, 2.45) is 0 Å². The van der Waals surface area contributed by atoms with Gasteiger partial charge in [-0.2, -0.15) is 5.10 Å². The predicted octanol–water partition coefficient (Wildman–Crippen LogP) is 4.80. The molecule has 0 aliphatic carbocycles. The second-order valence-electron chi connectivity index (χ2n) is 10.5. The molecule has 3 heterocycles. The van der Waals surface area contributed by atoms with Gasteiger partial charge in [0.15, 0.2) is 21.3 Å². The summed E-state index contributed by atoms with van der Waals surface area (Å²) < 4.78 is 37.0. The van der Waals surface area contributed by atoms with Crippen LogP contribution in [0.25, 0.3) is 11.3 Å². The van der Waals surface area contributed by atoms with Crippen molar-refractivity contribution < 1.29 is 27.8 Å². The zero-order valence-corrected chi connectivity index (χ0v) is 23.6. The maximum Gasteiger partial charge on any atom is 0.273 e. The lowest BCUT2D eigenvalue weighted by Gasteiger charge is -2.31. The number of sulfone groups is 1. The molecule has 2 unspecified atom stereocenters. The number of nitrogens with one attached hydrogen (secondary N) is 1. The average molecular weight is 574 g/mol. The van der Waals surface area contributed by atoms with Gasteiger partial charge in [0.2, 0.25) is 0 Å². The van der Waals surface area contributed by atoms with Gasteiger partial charge >= 0.3 is 0 Å². The molecule has 6 rings (SSSR count). The molecule has 1 aromatic heterocycles. The number of aromatic amines is 1. The zero-order chi connectivity index (χ0) is 28.7. The quantitative estimate of drug-likeness (QED) is 0.311. The van der Waals surface area contributed by atoms with E-state index in [0.717, 1.165) is 16.7 Å². The topological polar surface area (TPSA) is 122 Å². The Balaban J connectivity index is 1.46. The third-order valence-electron chi connectivity index (χ3n) is 7.63. The van der Waals surface area contributed by atoms with Crippen molar-refractivity contribution in [3.8, 4) is 28.5 Å². The summed E-state index contributed by atoms with van der Waals surface area (Å²) in [6, 6.07) is 19.4. The molecule has 4 aromatic rings. The number of carbonyl (C=O) groups excluding carboxylic acids is 1. The highest BCUT2D eigenvalue weighted by atomic mass is 32.2. The number of amides is 1. The Morgan fingerprint density at radius 2 is 1.85 bits per heavy atom. The molecular formula is C31H31N3O6S. The number of rotatable bonds is 8. The Kier molecular flexibility index (Phi) is 6.94. The lowest BCUT2D eigenvalue weighted by atomic mass is 9.94. The molecule has 0 saturated carbocycles. The number of ether oxygens (including phenoxy) is 2. The Morgan fingerprint density at radius 1 is 1.05 bits per heavy atom. The number of phenolic OH excluding ortho intramolecular Hbond substituents is 1. The first-order valence-corrected chi connectivity index (χ1v) is 15.4. The van der Waals surface area contributed by atoms with Crippen molar-refractivity contribution in [2.75, 3.05) is 18.1 Å². The van der Waals surface area contributed by atoms with Crippen LogP contribution in [0, 0.1) is 6.92 Å². The summed E-state index contributed by atoms with van der Waals surface area (Å²) in [7, 11) is -3.27. The third-order valence-corrected chi connectivity index (χ3v) is 9.38. The minimum absolute atomic E-state index is 0.0301. The van der Waals surface area contributed by atoms with Gasteiger partial charge in [-0.05, 0) is 55.7 Å². The molecule has 2 aliphatic heterocycles. The number of hydrogen-bond donors (Lipinski definition) is 2. The van der Waals surface area contributed by atoms with E-state index >= 15 is 0 Å². The first kappa shape index (κ1) is 26.9. The maximum atomic E-state index is 13.9. The number of hydrogen-bond acceptors (Lipinski definition) is 7. The predicted molar refractivity (Wildman–Crippen MR) is 154 cm³/mol. The summed E-state index contributed by atoms with van der Waals surface area (Å²) in [5.74, 6) is 0.724. The van der Waals surface area contributed by atoms with Gasteiger partial charge in [-0.25, -0.2) is 8.42 Å². The van der Waals surface area contributed by atoms with Crippen LogP contribution in [0.1, 0.15) is 52.1 Å². The van der Waals surface area contributed by atoms with Gasteiger partial charge in [-0.3, -0.25) is 9.89 Å². The van der Waals surface area contributed by atoms with Gasteiger partial charge < -0.3 is 19.5 Å². The fourth-order valence-electron chi connectivity index (χ4n) is 5.73. The van der Waals surface area contributed by atoms with E-state index in [-0.39, 0.29) is 28.9 Å². The SMILES string of the molecule is CCOc1cc(C2c3c(-c4cc(C)ccc4O)n[nH]c3C(=O)N2C2CCS(=O)(=O)C2)ccc1OCc1ccccc1. The standard InChI is InChI=1S/C31H31N3O6S/c1-3-39-26-16-21(10-12-25(26)40-17-20-7-5-4-6-8-20)30-27-28(23-15-19(2)9-11-24(23)35)32-33-29(27)31(36)34(30)22-13-14-41(37,38)18-22/h4-12,15-16,22,30,35H,3,13-14,17-18H2,1-2H3,(H,32,33). The van der Waals surface area contributed by atoms with Gasteiger partial charge in [0.05, 0.1) is 24.2 Å². The lowest BCUT2D eigenvalue weighted by molar-refractivity contribution is 0.0677. The third kappa shape index (κ3) is 5.04. The molecule has 1 amide bonds. The number of nitrogens with zero attached hydrogens (tertiary/aromatic N) is 2. The highest BCUT2D eigenvalue weighted by Crippen LogP contribution is 2.48. The summed E-state index contributed by atoms with van der Waals surface area (Å²) in [5, 5.41) is 18.1. The fraction of sp³-hybridized carbons (Fsp3) is 0.290. The minimum Gasteiger partial charge on any atom is -0.507 e. The van der Waals surface area contributed by atoms with Gasteiger partial charge in [-0.15, -0.1) is 0 Å². The van der Waals surface area contributed by atoms with Crippen LogP contribution in [-0.4, -0.2) is 58.7 Å². The van der Waals surface area contributed by atoms with E-state index in [2.05, 4.69) is 10.2 Å².